The zero-order valence-electron chi connectivity index (χ0n) is 4.62. The molecule has 0 aromatic carbocycles. The quantitative estimate of drug-likeness (QED) is 0.415. The maximum Gasteiger partial charge on any atom is 0.306 e. The van der Waals surface area contributed by atoms with Crippen molar-refractivity contribution in [2.24, 2.45) is 0 Å². The molecule has 1 aromatic heterocycles. The standard InChI is InChI=1S/C5H8N3/c1-2-7-4-6-5-8(7)3-1/h4-5H,1-3H2/q+1. The summed E-state index contributed by atoms with van der Waals surface area (Å²) in [4.78, 5) is 3.97. The number of hydrogen-bond acceptors (Lipinski definition) is 1. The van der Waals surface area contributed by atoms with Crippen molar-refractivity contribution in [1.82, 2.24) is 9.67 Å². The Morgan fingerprint density at radius 2 is 2.62 bits per heavy atom. The number of aromatic nitrogens is 3. The molecule has 3 heteroatoms. The molecule has 1 aliphatic heterocycles. The second-order valence-electron chi connectivity index (χ2n) is 2.06. The third-order valence-corrected chi connectivity index (χ3v) is 1.50. The first-order chi connectivity index (χ1) is 3.97. The molecule has 0 aliphatic carbocycles. The van der Waals surface area contributed by atoms with E-state index in [-0.39, 0.29) is 0 Å². The van der Waals surface area contributed by atoms with Crippen LogP contribution in [-0.4, -0.2) is 9.67 Å². The number of hydrogen-bond donors (Lipinski definition) is 0. The topological polar surface area (TPSA) is 21.7 Å². The summed E-state index contributed by atoms with van der Waals surface area (Å²) in [6, 6.07) is 0. The summed E-state index contributed by atoms with van der Waals surface area (Å²) in [5.41, 5.74) is 0. The Labute approximate surface area is 47.6 Å². The van der Waals surface area contributed by atoms with Gasteiger partial charge in [-0.25, -0.2) is 0 Å². The van der Waals surface area contributed by atoms with E-state index in [0.717, 1.165) is 13.1 Å². The summed E-state index contributed by atoms with van der Waals surface area (Å²) in [5.74, 6) is 0. The molecule has 1 aromatic rings. The largest absolute Gasteiger partial charge is 0.306 e. The lowest BCUT2D eigenvalue weighted by molar-refractivity contribution is -0.758. The Balaban J connectivity index is 2.54. The second-order valence-corrected chi connectivity index (χ2v) is 2.06. The molecule has 0 saturated carbocycles. The molecule has 0 saturated heterocycles. The zero-order chi connectivity index (χ0) is 5.40. The van der Waals surface area contributed by atoms with Gasteiger partial charge in [-0.05, 0) is 4.98 Å². The summed E-state index contributed by atoms with van der Waals surface area (Å²) >= 11 is 0. The van der Waals surface area contributed by atoms with Gasteiger partial charge in [-0.15, -0.1) is 0 Å². The first kappa shape index (κ1) is 4.06. The van der Waals surface area contributed by atoms with Gasteiger partial charge < -0.3 is 0 Å². The van der Waals surface area contributed by atoms with Crippen LogP contribution in [0.5, 0.6) is 0 Å². The van der Waals surface area contributed by atoms with E-state index in [1.807, 2.05) is 12.7 Å². The minimum Gasteiger partial charge on any atom is -0.181 e. The van der Waals surface area contributed by atoms with Gasteiger partial charge in [0.25, 0.3) is 0 Å². The summed E-state index contributed by atoms with van der Waals surface area (Å²) < 4.78 is 4.25. The fourth-order valence-corrected chi connectivity index (χ4v) is 1.08. The van der Waals surface area contributed by atoms with Gasteiger partial charge >= 0.3 is 6.33 Å². The minimum atomic E-state index is 1.14. The van der Waals surface area contributed by atoms with Gasteiger partial charge in [0.1, 0.15) is 6.54 Å². The molecule has 2 rings (SSSR count). The van der Waals surface area contributed by atoms with E-state index in [4.69, 9.17) is 0 Å². The monoisotopic (exact) mass is 110 g/mol. The highest BCUT2D eigenvalue weighted by Gasteiger charge is 2.12. The molecule has 2 heterocycles. The van der Waals surface area contributed by atoms with Crippen LogP contribution < -0.4 is 4.68 Å². The number of fused-ring (bicyclic) bond motifs is 1. The summed E-state index contributed by atoms with van der Waals surface area (Å²) in [6.07, 6.45) is 5.00. The van der Waals surface area contributed by atoms with E-state index in [2.05, 4.69) is 14.3 Å². The van der Waals surface area contributed by atoms with Gasteiger partial charge in [-0.3, -0.25) is 0 Å². The zero-order valence-corrected chi connectivity index (χ0v) is 4.62. The van der Waals surface area contributed by atoms with E-state index in [0.29, 0.717) is 0 Å². The van der Waals surface area contributed by atoms with Crippen LogP contribution in [0.15, 0.2) is 12.7 Å². The molecule has 0 spiro atoms. The smallest absolute Gasteiger partial charge is 0.181 e. The van der Waals surface area contributed by atoms with Crippen LogP contribution in [-0.2, 0) is 13.1 Å². The van der Waals surface area contributed by atoms with Crippen molar-refractivity contribution in [2.75, 3.05) is 0 Å². The maximum atomic E-state index is 3.97. The van der Waals surface area contributed by atoms with E-state index < -0.39 is 0 Å². The predicted octanol–water partition coefficient (Wildman–Crippen LogP) is -0.426. The lowest BCUT2D eigenvalue weighted by Gasteiger charge is -1.83. The fourth-order valence-electron chi connectivity index (χ4n) is 1.08. The summed E-state index contributed by atoms with van der Waals surface area (Å²) in [5, 5.41) is 0. The Morgan fingerprint density at radius 1 is 1.62 bits per heavy atom. The SMILES string of the molecule is c1nc[n+]2n1CCC2. The molecule has 0 radical (unpaired) electrons. The number of rotatable bonds is 0. The molecule has 0 bridgehead atoms. The Bertz CT molecular complexity index is 173. The first-order valence-electron chi connectivity index (χ1n) is 2.87. The molecule has 1 aliphatic rings. The average molecular weight is 110 g/mol. The molecule has 0 amide bonds. The van der Waals surface area contributed by atoms with E-state index in [1.54, 1.807) is 0 Å². The molecular weight excluding hydrogens is 102 g/mol. The highest BCUT2D eigenvalue weighted by atomic mass is 15.4. The van der Waals surface area contributed by atoms with Gasteiger partial charge in [0.2, 0.25) is 6.33 Å². The Kier molecular flexibility index (Phi) is 0.664. The van der Waals surface area contributed by atoms with Crippen molar-refractivity contribution in [3.05, 3.63) is 12.7 Å². The number of aryl methyl sites for hydroxylation is 2. The lowest BCUT2D eigenvalue weighted by atomic mass is 10.5. The summed E-state index contributed by atoms with van der Waals surface area (Å²) in [7, 11) is 0. The summed E-state index contributed by atoms with van der Waals surface area (Å²) in [6.45, 7) is 2.28. The third kappa shape index (κ3) is 0.384. The van der Waals surface area contributed by atoms with Crippen LogP contribution >= 0.6 is 0 Å². The molecule has 0 unspecified atom stereocenters. The fraction of sp³-hybridized carbons (Fsp3) is 0.600. The van der Waals surface area contributed by atoms with Crippen LogP contribution in [0.2, 0.25) is 0 Å². The molecule has 0 fully saturated rings. The molecular formula is C5H8N3+. The third-order valence-electron chi connectivity index (χ3n) is 1.50. The van der Waals surface area contributed by atoms with E-state index in [9.17, 15) is 0 Å². The van der Waals surface area contributed by atoms with Crippen LogP contribution in [0.25, 0.3) is 0 Å². The van der Waals surface area contributed by atoms with Crippen molar-refractivity contribution < 1.29 is 4.68 Å². The van der Waals surface area contributed by atoms with Gasteiger partial charge in [-0.2, -0.15) is 9.36 Å². The molecule has 0 atom stereocenters. The maximum absolute atomic E-state index is 3.97. The van der Waals surface area contributed by atoms with Crippen molar-refractivity contribution in [1.29, 1.82) is 0 Å². The van der Waals surface area contributed by atoms with Crippen molar-refractivity contribution in [3.63, 3.8) is 0 Å². The Morgan fingerprint density at radius 3 is 3.50 bits per heavy atom. The Hall–Kier alpha value is -0.860. The lowest BCUT2D eigenvalue weighted by Crippen LogP contribution is -2.35. The van der Waals surface area contributed by atoms with Gasteiger partial charge in [0, 0.05) is 6.42 Å². The second kappa shape index (κ2) is 1.31. The van der Waals surface area contributed by atoms with E-state index in [1.165, 1.54) is 6.42 Å². The molecule has 3 nitrogen and oxygen atoms in total. The van der Waals surface area contributed by atoms with Crippen molar-refractivity contribution >= 4 is 0 Å². The van der Waals surface area contributed by atoms with Crippen molar-refractivity contribution in [3.8, 4) is 0 Å². The van der Waals surface area contributed by atoms with Gasteiger partial charge in [-0.1, -0.05) is 0 Å². The van der Waals surface area contributed by atoms with Gasteiger partial charge in [0.15, 0.2) is 0 Å². The predicted molar refractivity (Wildman–Crippen MR) is 27.0 cm³/mol. The highest BCUT2D eigenvalue weighted by molar-refractivity contribution is 4.50. The van der Waals surface area contributed by atoms with Gasteiger partial charge in [0.05, 0.1) is 6.54 Å². The molecule has 0 N–H and O–H groups in total. The van der Waals surface area contributed by atoms with Crippen LogP contribution in [0, 0.1) is 0 Å². The molecule has 8 heavy (non-hydrogen) atoms. The first-order valence-corrected chi connectivity index (χ1v) is 2.87. The average Bonchev–Trinajstić information content (AvgIpc) is 2.15. The van der Waals surface area contributed by atoms with E-state index >= 15 is 0 Å². The highest BCUT2D eigenvalue weighted by Crippen LogP contribution is 1.92. The van der Waals surface area contributed by atoms with Crippen LogP contribution in [0.4, 0.5) is 0 Å². The minimum absolute atomic E-state index is 1.14. The number of nitrogens with zero attached hydrogens (tertiary/aromatic N) is 3. The molecule has 42 valence electrons. The van der Waals surface area contributed by atoms with Crippen molar-refractivity contribution in [2.45, 2.75) is 19.5 Å². The van der Waals surface area contributed by atoms with Crippen LogP contribution in [0.1, 0.15) is 6.42 Å². The van der Waals surface area contributed by atoms with Crippen LogP contribution in [0.3, 0.4) is 0 Å². The normalized spacial score (nSPS) is 16.5.